The van der Waals surface area contributed by atoms with Crippen LogP contribution in [0.1, 0.15) is 34.7 Å². The summed E-state index contributed by atoms with van der Waals surface area (Å²) in [6.07, 6.45) is 3.40. The lowest BCUT2D eigenvalue weighted by Crippen LogP contribution is -2.38. The molecule has 1 unspecified atom stereocenters. The lowest BCUT2D eigenvalue weighted by atomic mass is 9.83. The number of thiazole rings is 1. The Hall–Kier alpha value is -3.49. The summed E-state index contributed by atoms with van der Waals surface area (Å²) < 4.78 is 21.8. The number of ether oxygens (including phenoxy) is 1. The summed E-state index contributed by atoms with van der Waals surface area (Å²) in [5.74, 6) is -0.0142. The van der Waals surface area contributed by atoms with Gasteiger partial charge in [0.1, 0.15) is 5.82 Å². The summed E-state index contributed by atoms with van der Waals surface area (Å²) >= 11 is 4.66. The van der Waals surface area contributed by atoms with Crippen molar-refractivity contribution in [1.82, 2.24) is 4.57 Å². The highest BCUT2D eigenvalue weighted by Crippen LogP contribution is 2.41. The molecule has 8 heteroatoms. The number of methoxy groups -OCH3 is 1. The second-order valence-electron chi connectivity index (χ2n) is 8.72. The monoisotopic (exact) mass is 562 g/mol. The van der Waals surface area contributed by atoms with Gasteiger partial charge in [-0.05, 0) is 81.4 Å². The van der Waals surface area contributed by atoms with Crippen LogP contribution < -0.4 is 19.6 Å². The molecule has 180 valence electrons. The first kappa shape index (κ1) is 22.9. The fourth-order valence-corrected chi connectivity index (χ4v) is 6.41. The van der Waals surface area contributed by atoms with Crippen molar-refractivity contribution in [3.05, 3.63) is 118 Å². The summed E-state index contributed by atoms with van der Waals surface area (Å²) in [4.78, 5) is 19.4. The number of aryl methyl sites for hydroxylation is 1. The number of benzene rings is 3. The average molecular weight is 563 g/mol. The van der Waals surface area contributed by atoms with E-state index in [9.17, 15) is 14.3 Å². The predicted molar refractivity (Wildman–Crippen MR) is 142 cm³/mol. The summed E-state index contributed by atoms with van der Waals surface area (Å²) in [6, 6.07) is 17.6. The number of aromatic hydroxyl groups is 1. The van der Waals surface area contributed by atoms with Gasteiger partial charge in [-0.15, -0.1) is 0 Å². The maximum Gasteiger partial charge on any atom is 0.271 e. The molecule has 5 nitrogen and oxygen atoms in total. The number of phenols is 1. The van der Waals surface area contributed by atoms with Crippen LogP contribution in [0.2, 0.25) is 0 Å². The molecule has 2 heterocycles. The molecular formula is C28H20BrFN2O3S. The summed E-state index contributed by atoms with van der Waals surface area (Å²) in [7, 11) is 1.48. The molecule has 0 spiro atoms. The van der Waals surface area contributed by atoms with Gasteiger partial charge in [-0.1, -0.05) is 47.7 Å². The third-order valence-corrected chi connectivity index (χ3v) is 8.21. The molecule has 0 saturated carbocycles. The van der Waals surface area contributed by atoms with Gasteiger partial charge < -0.3 is 9.84 Å². The Morgan fingerprint density at radius 1 is 1.17 bits per heavy atom. The number of halogens is 2. The molecule has 6 rings (SSSR count). The van der Waals surface area contributed by atoms with Gasteiger partial charge in [0.15, 0.2) is 16.3 Å². The third kappa shape index (κ3) is 3.72. The van der Waals surface area contributed by atoms with E-state index >= 15 is 0 Å². The van der Waals surface area contributed by atoms with Crippen molar-refractivity contribution in [3.8, 4) is 11.5 Å². The Balaban J connectivity index is 1.61. The molecule has 0 bridgehead atoms. The minimum Gasteiger partial charge on any atom is -0.503 e. The van der Waals surface area contributed by atoms with E-state index in [0.29, 0.717) is 25.1 Å². The van der Waals surface area contributed by atoms with Gasteiger partial charge >= 0.3 is 0 Å². The van der Waals surface area contributed by atoms with Gasteiger partial charge in [-0.2, -0.15) is 0 Å². The Bertz CT molecular complexity index is 1740. The molecular weight excluding hydrogens is 543 g/mol. The molecule has 1 N–H and O–H groups in total. The molecule has 4 aromatic rings. The second kappa shape index (κ2) is 8.87. The maximum absolute atomic E-state index is 13.8. The van der Waals surface area contributed by atoms with E-state index in [1.165, 1.54) is 36.1 Å². The number of hydrogen-bond acceptors (Lipinski definition) is 5. The number of rotatable bonds is 3. The lowest BCUT2D eigenvalue weighted by molar-refractivity contribution is 0.372. The Morgan fingerprint density at radius 3 is 2.72 bits per heavy atom. The molecule has 1 aliphatic carbocycles. The summed E-state index contributed by atoms with van der Waals surface area (Å²) in [5, 5.41) is 10.2. The van der Waals surface area contributed by atoms with E-state index in [2.05, 4.69) is 28.1 Å². The number of hydrogen-bond donors (Lipinski definition) is 1. The molecule has 0 amide bonds. The molecule has 3 aromatic carbocycles. The zero-order valence-corrected chi connectivity index (χ0v) is 21.6. The minimum atomic E-state index is -0.367. The number of aromatic nitrogens is 1. The van der Waals surface area contributed by atoms with Gasteiger partial charge in [-0.3, -0.25) is 9.36 Å². The van der Waals surface area contributed by atoms with E-state index in [0.717, 1.165) is 35.2 Å². The maximum atomic E-state index is 13.8. The standard InChI is InChI=1S/C28H20BrFN2O3S/c1-35-22-13-15(12-21(29)26(22)33)14-23-27(34)32-25(17-6-9-18(30)10-7-17)20-11-8-16-4-2-3-5-19(16)24(20)31-28(32)36-23/h2-7,9-10,12-14,25,33H,8,11H2,1H3. The quantitative estimate of drug-likeness (QED) is 0.385. The highest BCUT2D eigenvalue weighted by Gasteiger charge is 2.32. The van der Waals surface area contributed by atoms with E-state index < -0.39 is 0 Å². The molecule has 0 fully saturated rings. The zero-order valence-electron chi connectivity index (χ0n) is 19.2. The highest BCUT2D eigenvalue weighted by molar-refractivity contribution is 9.10. The SMILES string of the molecule is COc1cc(C=c2sc3n(c2=O)C(c2ccc(F)cc2)C2=C(N=3)c3ccccc3CC2)cc(Br)c1O. The van der Waals surface area contributed by atoms with Crippen LogP contribution >= 0.6 is 27.3 Å². The van der Waals surface area contributed by atoms with Crippen LogP contribution in [0.25, 0.3) is 11.8 Å². The van der Waals surface area contributed by atoms with Crippen molar-refractivity contribution in [2.24, 2.45) is 4.99 Å². The Labute approximate surface area is 218 Å². The van der Waals surface area contributed by atoms with Crippen LogP contribution in [-0.4, -0.2) is 16.8 Å². The van der Waals surface area contributed by atoms with Crippen LogP contribution in [0, 0.1) is 5.82 Å². The Kier molecular flexibility index (Phi) is 5.65. The van der Waals surface area contributed by atoms with Crippen molar-refractivity contribution in [2.45, 2.75) is 18.9 Å². The van der Waals surface area contributed by atoms with Crippen molar-refractivity contribution >= 4 is 39.0 Å². The van der Waals surface area contributed by atoms with Gasteiger partial charge in [0, 0.05) is 5.56 Å². The molecule has 1 aromatic heterocycles. The van der Waals surface area contributed by atoms with Crippen LogP contribution in [0.15, 0.2) is 80.5 Å². The first-order chi connectivity index (χ1) is 17.4. The lowest BCUT2D eigenvalue weighted by Gasteiger charge is -2.30. The van der Waals surface area contributed by atoms with Gasteiger partial charge in [0.25, 0.3) is 5.56 Å². The number of allylic oxidation sites excluding steroid dienone is 1. The molecule has 36 heavy (non-hydrogen) atoms. The molecule has 1 atom stereocenters. The number of fused-ring (bicyclic) bond motifs is 3. The first-order valence-corrected chi connectivity index (χ1v) is 13.0. The van der Waals surface area contributed by atoms with Gasteiger partial charge in [-0.25, -0.2) is 9.38 Å². The fourth-order valence-electron chi connectivity index (χ4n) is 4.95. The van der Waals surface area contributed by atoms with Crippen LogP contribution in [-0.2, 0) is 6.42 Å². The van der Waals surface area contributed by atoms with Crippen molar-refractivity contribution < 1.29 is 14.2 Å². The second-order valence-corrected chi connectivity index (χ2v) is 10.6. The molecule has 1 aliphatic heterocycles. The number of phenolic OH excluding ortho intramolecular Hbond substituents is 1. The highest BCUT2D eigenvalue weighted by atomic mass is 79.9. The van der Waals surface area contributed by atoms with E-state index in [4.69, 9.17) is 9.73 Å². The molecule has 2 aliphatic rings. The number of nitrogens with zero attached hydrogens (tertiary/aromatic N) is 2. The largest absolute Gasteiger partial charge is 0.503 e. The van der Waals surface area contributed by atoms with Crippen molar-refractivity contribution in [2.75, 3.05) is 7.11 Å². The fraction of sp³-hybridized carbons (Fsp3) is 0.143. The van der Waals surface area contributed by atoms with Crippen LogP contribution in [0.3, 0.4) is 0 Å². The smallest absolute Gasteiger partial charge is 0.271 e. The van der Waals surface area contributed by atoms with Crippen molar-refractivity contribution in [3.63, 3.8) is 0 Å². The van der Waals surface area contributed by atoms with Gasteiger partial charge in [0.2, 0.25) is 0 Å². The summed E-state index contributed by atoms with van der Waals surface area (Å²) in [5.41, 5.74) is 5.66. The first-order valence-electron chi connectivity index (χ1n) is 11.4. The van der Waals surface area contributed by atoms with Crippen LogP contribution in [0.5, 0.6) is 11.5 Å². The van der Waals surface area contributed by atoms with Gasteiger partial charge in [0.05, 0.1) is 27.9 Å². The van der Waals surface area contributed by atoms with Crippen LogP contribution in [0.4, 0.5) is 4.39 Å². The predicted octanol–water partition coefficient (Wildman–Crippen LogP) is 4.93. The Morgan fingerprint density at radius 2 is 1.94 bits per heavy atom. The van der Waals surface area contributed by atoms with E-state index in [1.54, 1.807) is 34.9 Å². The van der Waals surface area contributed by atoms with E-state index in [-0.39, 0.29) is 23.2 Å². The normalized spacial score (nSPS) is 16.8. The minimum absolute atomic E-state index is 0.00115. The summed E-state index contributed by atoms with van der Waals surface area (Å²) in [6.45, 7) is 0. The third-order valence-electron chi connectivity index (χ3n) is 6.63. The molecule has 0 radical (unpaired) electrons. The topological polar surface area (TPSA) is 63.8 Å². The average Bonchev–Trinajstić information content (AvgIpc) is 3.19. The van der Waals surface area contributed by atoms with E-state index in [1.807, 2.05) is 12.1 Å². The zero-order chi connectivity index (χ0) is 25.0. The van der Waals surface area contributed by atoms with Crippen molar-refractivity contribution in [1.29, 1.82) is 0 Å². The molecule has 0 saturated heterocycles.